The second-order valence-electron chi connectivity index (χ2n) is 1.80. The van der Waals surface area contributed by atoms with E-state index in [0.29, 0.717) is 6.61 Å². The van der Waals surface area contributed by atoms with Crippen LogP contribution in [0.15, 0.2) is 23.8 Å². The summed E-state index contributed by atoms with van der Waals surface area (Å²) in [6.45, 7) is 2.46. The lowest BCUT2D eigenvalue weighted by Crippen LogP contribution is -1.90. The highest BCUT2D eigenvalue weighted by Gasteiger charge is 1.85. The Morgan fingerprint density at radius 3 is 2.80 bits per heavy atom. The predicted octanol–water partition coefficient (Wildman–Crippen LogP) is 1.77. The number of terminal acetylenes is 1. The van der Waals surface area contributed by atoms with Gasteiger partial charge in [0, 0.05) is 12.7 Å². The van der Waals surface area contributed by atoms with E-state index in [-0.39, 0.29) is 0 Å². The molecule has 0 atom stereocenters. The lowest BCUT2D eigenvalue weighted by atomic mass is 10.2. The molecule has 0 aromatic heterocycles. The average Bonchev–Trinajstić information content (AvgIpc) is 1.98. The van der Waals surface area contributed by atoms with Gasteiger partial charge in [0.25, 0.3) is 0 Å². The van der Waals surface area contributed by atoms with Gasteiger partial charge in [-0.2, -0.15) is 0 Å². The van der Waals surface area contributed by atoms with Crippen LogP contribution in [0.1, 0.15) is 6.92 Å². The molecule has 0 heterocycles. The van der Waals surface area contributed by atoms with Crippen LogP contribution in [0, 0.1) is 12.3 Å². The Hall–Kier alpha value is -1.00. The molecule has 54 valence electrons. The first-order chi connectivity index (χ1) is 4.85. The summed E-state index contributed by atoms with van der Waals surface area (Å²) in [6, 6.07) is 0. The van der Waals surface area contributed by atoms with E-state index in [9.17, 15) is 0 Å². The van der Waals surface area contributed by atoms with Crippen LogP contribution in [0.2, 0.25) is 0 Å². The first-order valence-electron chi connectivity index (χ1n) is 3.12. The Morgan fingerprint density at radius 1 is 1.70 bits per heavy atom. The molecule has 0 saturated carbocycles. The van der Waals surface area contributed by atoms with E-state index < -0.39 is 0 Å². The van der Waals surface area contributed by atoms with E-state index in [2.05, 4.69) is 5.92 Å². The summed E-state index contributed by atoms with van der Waals surface area (Å²) in [6.07, 6.45) is 10.9. The maximum absolute atomic E-state index is 5.17. The minimum Gasteiger partial charge on any atom is -0.379 e. The molecule has 0 radical (unpaired) electrons. The molecule has 1 heteroatoms. The van der Waals surface area contributed by atoms with Crippen LogP contribution in [0.25, 0.3) is 0 Å². The first-order valence-corrected chi connectivity index (χ1v) is 3.12. The topological polar surface area (TPSA) is 9.23 Å². The molecule has 0 bridgehead atoms. The lowest BCUT2D eigenvalue weighted by molar-refractivity contribution is 0.229. The van der Waals surface area contributed by atoms with Gasteiger partial charge in [0.05, 0.1) is 6.61 Å². The van der Waals surface area contributed by atoms with Crippen molar-refractivity contribution in [2.75, 3.05) is 13.7 Å². The first kappa shape index (κ1) is 9.00. The number of hydrogen-bond donors (Lipinski definition) is 0. The molecule has 0 rings (SSSR count). The minimum atomic E-state index is 0.515. The van der Waals surface area contributed by atoms with Crippen LogP contribution >= 0.6 is 0 Å². The normalized spacial score (nSPS) is 11.9. The van der Waals surface area contributed by atoms with E-state index >= 15 is 0 Å². The standard InChI is InChI=1S/C9H12O/c1-4-6-7-9(5-2)8-10-3/h2,4,6-7H,8H2,1,3H3/b6-4-,9-7+. The van der Waals surface area contributed by atoms with E-state index in [4.69, 9.17) is 11.2 Å². The molecule has 1 nitrogen and oxygen atoms in total. The highest BCUT2D eigenvalue weighted by Crippen LogP contribution is 1.92. The molecule has 0 aliphatic rings. The van der Waals surface area contributed by atoms with Gasteiger partial charge in [-0.05, 0) is 13.0 Å². The van der Waals surface area contributed by atoms with Gasteiger partial charge < -0.3 is 4.74 Å². The lowest BCUT2D eigenvalue weighted by Gasteiger charge is -1.93. The van der Waals surface area contributed by atoms with Crippen molar-refractivity contribution in [1.82, 2.24) is 0 Å². The molecule has 0 unspecified atom stereocenters. The highest BCUT2D eigenvalue weighted by atomic mass is 16.5. The zero-order chi connectivity index (χ0) is 7.82. The molecule has 0 spiro atoms. The van der Waals surface area contributed by atoms with Crippen LogP contribution in [0.5, 0.6) is 0 Å². The van der Waals surface area contributed by atoms with E-state index in [0.717, 1.165) is 5.57 Å². The number of rotatable bonds is 3. The van der Waals surface area contributed by atoms with Crippen molar-refractivity contribution in [1.29, 1.82) is 0 Å². The van der Waals surface area contributed by atoms with Crippen LogP contribution in [-0.2, 0) is 4.74 Å². The van der Waals surface area contributed by atoms with Gasteiger partial charge in [0.2, 0.25) is 0 Å². The number of allylic oxidation sites excluding steroid dienone is 3. The highest BCUT2D eigenvalue weighted by molar-refractivity contribution is 5.29. The van der Waals surface area contributed by atoms with Crippen molar-refractivity contribution in [3.63, 3.8) is 0 Å². The predicted molar refractivity (Wildman–Crippen MR) is 43.6 cm³/mol. The largest absolute Gasteiger partial charge is 0.379 e. The summed E-state index contributed by atoms with van der Waals surface area (Å²) >= 11 is 0. The Balaban J connectivity index is 3.94. The quantitative estimate of drug-likeness (QED) is 0.424. The zero-order valence-electron chi connectivity index (χ0n) is 6.42. The maximum atomic E-state index is 5.17. The molecule has 0 fully saturated rings. The summed E-state index contributed by atoms with van der Waals surface area (Å²) in [5, 5.41) is 0. The Morgan fingerprint density at radius 2 is 2.40 bits per heavy atom. The Labute approximate surface area is 62.4 Å². The van der Waals surface area contributed by atoms with Gasteiger partial charge in [-0.15, -0.1) is 6.42 Å². The third kappa shape index (κ3) is 3.94. The van der Waals surface area contributed by atoms with Crippen molar-refractivity contribution in [2.45, 2.75) is 6.92 Å². The molecule has 0 aromatic rings. The molecule has 0 aliphatic carbocycles. The third-order valence-corrected chi connectivity index (χ3v) is 0.975. The molecule has 0 amide bonds. The van der Waals surface area contributed by atoms with E-state index in [1.165, 1.54) is 0 Å². The van der Waals surface area contributed by atoms with Crippen LogP contribution in [0.4, 0.5) is 0 Å². The fourth-order valence-corrected chi connectivity index (χ4v) is 0.506. The molecule has 0 N–H and O–H groups in total. The SMILES string of the molecule is C#C/C(=C\C=C/C)COC. The minimum absolute atomic E-state index is 0.515. The summed E-state index contributed by atoms with van der Waals surface area (Å²) in [5.41, 5.74) is 0.862. The number of hydrogen-bond acceptors (Lipinski definition) is 1. The average molecular weight is 136 g/mol. The fraction of sp³-hybridized carbons (Fsp3) is 0.333. The fourth-order valence-electron chi connectivity index (χ4n) is 0.506. The molecule has 0 aromatic carbocycles. The van der Waals surface area contributed by atoms with Crippen molar-refractivity contribution in [3.05, 3.63) is 23.8 Å². The monoisotopic (exact) mass is 136 g/mol. The van der Waals surface area contributed by atoms with Gasteiger partial charge in [0.1, 0.15) is 0 Å². The third-order valence-electron chi connectivity index (χ3n) is 0.975. The van der Waals surface area contributed by atoms with Crippen molar-refractivity contribution >= 4 is 0 Å². The zero-order valence-corrected chi connectivity index (χ0v) is 6.42. The van der Waals surface area contributed by atoms with Gasteiger partial charge in [0.15, 0.2) is 0 Å². The number of ether oxygens (including phenoxy) is 1. The Kier molecular flexibility index (Phi) is 5.51. The van der Waals surface area contributed by atoms with Crippen LogP contribution in [0.3, 0.4) is 0 Å². The van der Waals surface area contributed by atoms with Gasteiger partial charge >= 0.3 is 0 Å². The smallest absolute Gasteiger partial charge is 0.0791 e. The summed E-state index contributed by atoms with van der Waals surface area (Å²) in [4.78, 5) is 0. The number of methoxy groups -OCH3 is 1. The van der Waals surface area contributed by atoms with E-state index in [1.54, 1.807) is 7.11 Å². The molecular formula is C9H12O. The van der Waals surface area contributed by atoms with Crippen molar-refractivity contribution < 1.29 is 4.74 Å². The summed E-state index contributed by atoms with van der Waals surface area (Å²) in [5.74, 6) is 2.52. The van der Waals surface area contributed by atoms with Crippen molar-refractivity contribution in [2.24, 2.45) is 0 Å². The van der Waals surface area contributed by atoms with Gasteiger partial charge in [-0.3, -0.25) is 0 Å². The second kappa shape index (κ2) is 6.12. The van der Waals surface area contributed by atoms with Crippen LogP contribution < -0.4 is 0 Å². The molecular weight excluding hydrogens is 124 g/mol. The molecule has 0 aliphatic heterocycles. The maximum Gasteiger partial charge on any atom is 0.0791 e. The summed E-state index contributed by atoms with van der Waals surface area (Å²) < 4.78 is 4.85. The second-order valence-corrected chi connectivity index (χ2v) is 1.80. The molecule has 10 heavy (non-hydrogen) atoms. The Bertz CT molecular complexity index is 170. The van der Waals surface area contributed by atoms with E-state index in [1.807, 2.05) is 25.2 Å². The van der Waals surface area contributed by atoms with Gasteiger partial charge in [-0.25, -0.2) is 0 Å². The molecule has 0 saturated heterocycles. The van der Waals surface area contributed by atoms with Crippen molar-refractivity contribution in [3.8, 4) is 12.3 Å². The summed E-state index contributed by atoms with van der Waals surface area (Å²) in [7, 11) is 1.63. The van der Waals surface area contributed by atoms with Gasteiger partial charge in [-0.1, -0.05) is 18.1 Å². The van der Waals surface area contributed by atoms with Crippen LogP contribution in [-0.4, -0.2) is 13.7 Å².